The van der Waals surface area contributed by atoms with Gasteiger partial charge >= 0.3 is 0 Å². The van der Waals surface area contributed by atoms with Crippen LogP contribution in [0.5, 0.6) is 0 Å². The van der Waals surface area contributed by atoms with Crippen molar-refractivity contribution in [2.45, 2.75) is 57.7 Å². The summed E-state index contributed by atoms with van der Waals surface area (Å²) >= 11 is 12.4. The first-order chi connectivity index (χ1) is 17.0. The van der Waals surface area contributed by atoms with Gasteiger partial charge in [0.1, 0.15) is 18.4 Å². The number of hydrogen-bond acceptors (Lipinski definition) is 4. The van der Waals surface area contributed by atoms with Crippen LogP contribution in [0.4, 0.5) is 10.1 Å². The molecule has 1 saturated carbocycles. The van der Waals surface area contributed by atoms with Crippen molar-refractivity contribution in [2.24, 2.45) is 0 Å². The van der Waals surface area contributed by atoms with Crippen LogP contribution < -0.4 is 9.62 Å². The van der Waals surface area contributed by atoms with Gasteiger partial charge in [0.25, 0.3) is 0 Å². The molecule has 1 aliphatic rings. The fourth-order valence-electron chi connectivity index (χ4n) is 4.37. The monoisotopic (exact) mass is 557 g/mol. The van der Waals surface area contributed by atoms with Gasteiger partial charge in [-0.05, 0) is 55.2 Å². The lowest BCUT2D eigenvalue weighted by Crippen LogP contribution is -2.53. The van der Waals surface area contributed by atoms with Gasteiger partial charge in [0.15, 0.2) is 0 Å². The molecule has 1 aliphatic carbocycles. The summed E-state index contributed by atoms with van der Waals surface area (Å²) in [6.07, 6.45) is 5.05. The summed E-state index contributed by atoms with van der Waals surface area (Å²) in [4.78, 5) is 28.3. The predicted octanol–water partition coefficient (Wildman–Crippen LogP) is 4.76. The quantitative estimate of drug-likeness (QED) is 0.456. The first kappa shape index (κ1) is 28.2. The maximum absolute atomic E-state index is 13.9. The lowest BCUT2D eigenvalue weighted by Gasteiger charge is -2.33. The zero-order valence-electron chi connectivity index (χ0n) is 20.2. The zero-order valence-corrected chi connectivity index (χ0v) is 22.5. The van der Waals surface area contributed by atoms with Crippen LogP contribution in [0.15, 0.2) is 42.5 Å². The van der Waals surface area contributed by atoms with E-state index in [0.717, 1.165) is 42.3 Å². The lowest BCUT2D eigenvalue weighted by molar-refractivity contribution is -0.140. The van der Waals surface area contributed by atoms with E-state index in [9.17, 15) is 22.4 Å². The number of benzene rings is 2. The molecule has 7 nitrogen and oxygen atoms in total. The Morgan fingerprint density at radius 3 is 2.42 bits per heavy atom. The molecular formula is C25H30Cl2FN3O4S. The molecule has 0 spiro atoms. The third-order valence-corrected chi connectivity index (χ3v) is 7.95. The molecule has 0 unspecified atom stereocenters. The number of nitrogens with one attached hydrogen (secondary N) is 1. The Morgan fingerprint density at radius 2 is 1.83 bits per heavy atom. The highest BCUT2D eigenvalue weighted by molar-refractivity contribution is 7.92. The second kappa shape index (κ2) is 12.3. The molecule has 1 fully saturated rings. The van der Waals surface area contributed by atoms with Gasteiger partial charge in [-0.2, -0.15) is 0 Å². The number of anilines is 1. The van der Waals surface area contributed by atoms with Gasteiger partial charge in [-0.25, -0.2) is 12.8 Å². The predicted molar refractivity (Wildman–Crippen MR) is 140 cm³/mol. The Hall–Kier alpha value is -2.36. The summed E-state index contributed by atoms with van der Waals surface area (Å²) in [7, 11) is -3.95. The molecule has 0 heterocycles. The number of carbonyl (C=O) groups is 2. The van der Waals surface area contributed by atoms with E-state index in [1.807, 2.05) is 0 Å². The third-order valence-electron chi connectivity index (χ3n) is 6.22. The van der Waals surface area contributed by atoms with E-state index in [1.54, 1.807) is 19.1 Å². The van der Waals surface area contributed by atoms with Gasteiger partial charge < -0.3 is 10.2 Å². The van der Waals surface area contributed by atoms with E-state index in [0.29, 0.717) is 22.0 Å². The van der Waals surface area contributed by atoms with Crippen molar-refractivity contribution in [1.29, 1.82) is 0 Å². The molecular weight excluding hydrogens is 528 g/mol. The van der Waals surface area contributed by atoms with Crippen LogP contribution in [0.2, 0.25) is 10.0 Å². The molecule has 11 heteroatoms. The Labute approximate surface area is 221 Å². The highest BCUT2D eigenvalue weighted by atomic mass is 35.5. The average Bonchev–Trinajstić information content (AvgIpc) is 3.30. The molecule has 1 N–H and O–H groups in total. The standard InChI is InChI=1S/C25H30Cl2FN3O4S/c1-3-23(25(33)29-20-8-4-5-9-20)30(15-17-11-12-18(26)13-22(17)27)24(32)16-31(36(2,34)35)21-10-6-7-19(28)14-21/h6-7,10-14,20,23H,3-5,8-9,15-16H2,1-2H3,(H,29,33)/t23-/m1/s1. The average molecular weight is 559 g/mol. The van der Waals surface area contributed by atoms with E-state index < -0.39 is 34.3 Å². The highest BCUT2D eigenvalue weighted by Gasteiger charge is 2.33. The van der Waals surface area contributed by atoms with Crippen LogP contribution in [-0.4, -0.2) is 50.0 Å². The molecule has 0 radical (unpaired) electrons. The van der Waals surface area contributed by atoms with Gasteiger partial charge in [0.2, 0.25) is 21.8 Å². The SMILES string of the molecule is CC[C@H](C(=O)NC1CCCC1)N(Cc1ccc(Cl)cc1Cl)C(=O)CN(c1cccc(F)c1)S(C)(=O)=O. The minimum Gasteiger partial charge on any atom is -0.352 e. The van der Waals surface area contributed by atoms with Crippen molar-refractivity contribution in [1.82, 2.24) is 10.2 Å². The highest BCUT2D eigenvalue weighted by Crippen LogP contribution is 2.25. The Morgan fingerprint density at radius 1 is 1.14 bits per heavy atom. The zero-order chi connectivity index (χ0) is 26.5. The van der Waals surface area contributed by atoms with E-state index in [2.05, 4.69) is 5.32 Å². The van der Waals surface area contributed by atoms with E-state index in [1.165, 1.54) is 29.2 Å². The van der Waals surface area contributed by atoms with Crippen LogP contribution in [0, 0.1) is 5.82 Å². The van der Waals surface area contributed by atoms with Gasteiger partial charge in [0.05, 0.1) is 11.9 Å². The molecule has 2 amide bonds. The van der Waals surface area contributed by atoms with Crippen molar-refractivity contribution in [2.75, 3.05) is 17.1 Å². The number of sulfonamides is 1. The molecule has 0 aromatic heterocycles. The van der Waals surface area contributed by atoms with Crippen molar-refractivity contribution in [3.05, 3.63) is 63.9 Å². The fraction of sp³-hybridized carbons (Fsp3) is 0.440. The van der Waals surface area contributed by atoms with Crippen molar-refractivity contribution in [3.8, 4) is 0 Å². The van der Waals surface area contributed by atoms with Crippen LogP contribution in [0.3, 0.4) is 0 Å². The molecule has 36 heavy (non-hydrogen) atoms. The minimum atomic E-state index is -3.95. The van der Waals surface area contributed by atoms with E-state index >= 15 is 0 Å². The van der Waals surface area contributed by atoms with E-state index in [4.69, 9.17) is 23.2 Å². The van der Waals surface area contributed by atoms with Crippen LogP contribution in [-0.2, 0) is 26.2 Å². The molecule has 0 saturated heterocycles. The normalized spacial score (nSPS) is 14.9. The number of halogens is 3. The van der Waals surface area contributed by atoms with Crippen molar-refractivity contribution in [3.63, 3.8) is 0 Å². The molecule has 3 rings (SSSR count). The van der Waals surface area contributed by atoms with Crippen LogP contribution in [0.1, 0.15) is 44.6 Å². The van der Waals surface area contributed by atoms with Crippen LogP contribution in [0.25, 0.3) is 0 Å². The fourth-order valence-corrected chi connectivity index (χ4v) is 5.68. The molecule has 0 aliphatic heterocycles. The molecule has 1 atom stereocenters. The summed E-state index contributed by atoms with van der Waals surface area (Å²) < 4.78 is 39.8. The minimum absolute atomic E-state index is 0.0128. The Bertz CT molecular complexity index is 1210. The molecule has 2 aromatic rings. The second-order valence-electron chi connectivity index (χ2n) is 8.92. The number of carbonyl (C=O) groups excluding carboxylic acids is 2. The summed E-state index contributed by atoms with van der Waals surface area (Å²) in [5, 5.41) is 3.76. The lowest BCUT2D eigenvalue weighted by atomic mass is 10.1. The number of hydrogen-bond donors (Lipinski definition) is 1. The van der Waals surface area contributed by atoms with Gasteiger partial charge in [-0.1, -0.05) is 55.1 Å². The first-order valence-electron chi connectivity index (χ1n) is 11.8. The number of nitrogens with zero attached hydrogens (tertiary/aromatic N) is 2. The van der Waals surface area contributed by atoms with Crippen molar-refractivity contribution < 1.29 is 22.4 Å². The summed E-state index contributed by atoms with van der Waals surface area (Å²) in [6.45, 7) is 1.14. The van der Waals surface area contributed by atoms with Gasteiger partial charge in [0, 0.05) is 22.6 Å². The first-order valence-corrected chi connectivity index (χ1v) is 14.4. The van der Waals surface area contributed by atoms with Crippen molar-refractivity contribution >= 4 is 50.7 Å². The smallest absolute Gasteiger partial charge is 0.244 e. The maximum Gasteiger partial charge on any atom is 0.244 e. The summed E-state index contributed by atoms with van der Waals surface area (Å²) in [5.74, 6) is -1.57. The van der Waals surface area contributed by atoms with Gasteiger partial charge in [-0.3, -0.25) is 13.9 Å². The maximum atomic E-state index is 13.9. The topological polar surface area (TPSA) is 86.8 Å². The Kier molecular flexibility index (Phi) is 9.60. The van der Waals surface area contributed by atoms with Gasteiger partial charge in [-0.15, -0.1) is 0 Å². The second-order valence-corrected chi connectivity index (χ2v) is 11.7. The Balaban J connectivity index is 1.95. The summed E-state index contributed by atoms with van der Waals surface area (Å²) in [5.41, 5.74) is 0.567. The largest absolute Gasteiger partial charge is 0.352 e. The number of amides is 2. The molecule has 2 aromatic carbocycles. The molecule has 0 bridgehead atoms. The molecule has 196 valence electrons. The third kappa shape index (κ3) is 7.33. The van der Waals surface area contributed by atoms with Crippen LogP contribution >= 0.6 is 23.2 Å². The number of rotatable bonds is 10. The van der Waals surface area contributed by atoms with E-state index in [-0.39, 0.29) is 24.2 Å². The summed E-state index contributed by atoms with van der Waals surface area (Å²) in [6, 6.07) is 9.00.